The number of thioether (sulfide) groups is 1. The summed E-state index contributed by atoms with van der Waals surface area (Å²) in [6, 6.07) is 16.6. The first kappa shape index (κ1) is 17.7. The zero-order valence-corrected chi connectivity index (χ0v) is 16.6. The fraction of sp³-hybridized carbons (Fsp3) is 0.211. The average molecular weight is 413 g/mol. The maximum Gasteiger partial charge on any atom is 0.197 e. The first-order valence-electron chi connectivity index (χ1n) is 7.84. The third-order valence-corrected chi connectivity index (χ3v) is 5.13. The lowest BCUT2D eigenvalue weighted by molar-refractivity contribution is 0.881. The molecule has 0 aliphatic carbocycles. The summed E-state index contributed by atoms with van der Waals surface area (Å²) >= 11 is 4.88. The Balaban J connectivity index is 2.19. The molecule has 0 amide bonds. The van der Waals surface area contributed by atoms with E-state index < -0.39 is 0 Å². The van der Waals surface area contributed by atoms with E-state index in [0.717, 1.165) is 26.7 Å². The lowest BCUT2D eigenvalue weighted by Gasteiger charge is -2.12. The number of hydrogen-bond acceptors (Lipinski definition) is 4. The molecule has 0 bridgehead atoms. The van der Waals surface area contributed by atoms with Gasteiger partial charge in [0.05, 0.1) is 17.0 Å². The Morgan fingerprint density at radius 2 is 1.72 bits per heavy atom. The van der Waals surface area contributed by atoms with Crippen LogP contribution >= 0.6 is 27.7 Å². The van der Waals surface area contributed by atoms with Crippen molar-refractivity contribution in [1.82, 2.24) is 14.8 Å². The summed E-state index contributed by atoms with van der Waals surface area (Å²) in [4.78, 5) is 0. The molecule has 2 aromatic carbocycles. The van der Waals surface area contributed by atoms with Crippen LogP contribution in [-0.4, -0.2) is 20.0 Å². The van der Waals surface area contributed by atoms with Gasteiger partial charge in [-0.2, -0.15) is 5.26 Å². The van der Waals surface area contributed by atoms with Crippen molar-refractivity contribution < 1.29 is 0 Å². The van der Waals surface area contributed by atoms with Gasteiger partial charge in [-0.05, 0) is 56.2 Å². The average Bonchev–Trinajstić information content (AvgIpc) is 2.98. The van der Waals surface area contributed by atoms with Crippen molar-refractivity contribution in [3.05, 3.63) is 58.1 Å². The minimum atomic E-state index is -0.202. The summed E-state index contributed by atoms with van der Waals surface area (Å²) in [5, 5.41) is 18.4. The second-order valence-electron chi connectivity index (χ2n) is 5.88. The second-order valence-corrected chi connectivity index (χ2v) is 8.11. The van der Waals surface area contributed by atoms with Crippen LogP contribution in [-0.2, 0) is 0 Å². The van der Waals surface area contributed by atoms with Crippen molar-refractivity contribution >= 4 is 27.7 Å². The molecule has 25 heavy (non-hydrogen) atoms. The van der Waals surface area contributed by atoms with Crippen LogP contribution in [0.15, 0.2) is 52.1 Å². The highest BCUT2D eigenvalue weighted by Crippen LogP contribution is 2.31. The Morgan fingerprint density at radius 3 is 2.32 bits per heavy atom. The van der Waals surface area contributed by atoms with E-state index in [9.17, 15) is 0 Å². The maximum atomic E-state index is 9.17. The van der Waals surface area contributed by atoms with Gasteiger partial charge in [-0.15, -0.1) is 10.2 Å². The lowest BCUT2D eigenvalue weighted by atomic mass is 10.1. The third-order valence-electron chi connectivity index (χ3n) is 3.66. The quantitative estimate of drug-likeness (QED) is 0.544. The minimum Gasteiger partial charge on any atom is -0.270 e. The zero-order valence-electron chi connectivity index (χ0n) is 14.2. The number of hydrogen-bond donors (Lipinski definition) is 0. The number of aryl methyl sites for hydroxylation is 2. The number of aromatic nitrogens is 3. The third kappa shape index (κ3) is 3.94. The van der Waals surface area contributed by atoms with Gasteiger partial charge in [0.25, 0.3) is 0 Å². The fourth-order valence-corrected chi connectivity index (χ4v) is 3.65. The van der Waals surface area contributed by atoms with Gasteiger partial charge < -0.3 is 0 Å². The number of nitrogens with zero attached hydrogens (tertiary/aromatic N) is 4. The van der Waals surface area contributed by atoms with E-state index in [1.54, 1.807) is 0 Å². The molecule has 0 fully saturated rings. The molecular formula is C19H17BrN4S. The Morgan fingerprint density at radius 1 is 1.08 bits per heavy atom. The van der Waals surface area contributed by atoms with Gasteiger partial charge in [0.2, 0.25) is 0 Å². The molecule has 3 aromatic rings. The molecule has 0 N–H and O–H groups in total. The van der Waals surface area contributed by atoms with Crippen LogP contribution in [0.2, 0.25) is 0 Å². The van der Waals surface area contributed by atoms with E-state index in [1.165, 1.54) is 22.9 Å². The molecule has 0 aliphatic rings. The van der Waals surface area contributed by atoms with Gasteiger partial charge >= 0.3 is 0 Å². The number of rotatable bonds is 4. The standard InChI is InChI=1S/C19H17BrN4S/c1-12-8-13(2)10-17(9-12)24-18(15-4-6-16(20)7-5-15)22-23-19(24)25-14(3)11-21/h4-10,14H,1-3H3/t14-/m1/s1. The Kier molecular flexibility index (Phi) is 5.26. The van der Waals surface area contributed by atoms with Crippen LogP contribution in [0.5, 0.6) is 0 Å². The lowest BCUT2D eigenvalue weighted by Crippen LogP contribution is -2.02. The molecule has 0 saturated carbocycles. The van der Waals surface area contributed by atoms with Crippen LogP contribution in [0, 0.1) is 25.2 Å². The van der Waals surface area contributed by atoms with Crippen LogP contribution in [0.3, 0.4) is 0 Å². The second kappa shape index (κ2) is 7.42. The molecule has 6 heteroatoms. The van der Waals surface area contributed by atoms with Crippen LogP contribution in [0.1, 0.15) is 18.1 Å². The fourth-order valence-electron chi connectivity index (χ4n) is 2.63. The Bertz CT molecular complexity index is 921. The molecule has 0 spiro atoms. The summed E-state index contributed by atoms with van der Waals surface area (Å²) in [7, 11) is 0. The monoisotopic (exact) mass is 412 g/mol. The van der Waals surface area contributed by atoms with E-state index >= 15 is 0 Å². The topological polar surface area (TPSA) is 54.5 Å². The molecule has 126 valence electrons. The number of benzene rings is 2. The van der Waals surface area contributed by atoms with Crippen LogP contribution < -0.4 is 0 Å². The van der Waals surface area contributed by atoms with Crippen LogP contribution in [0.4, 0.5) is 0 Å². The highest BCUT2D eigenvalue weighted by Gasteiger charge is 2.18. The van der Waals surface area contributed by atoms with E-state index in [1.807, 2.05) is 35.8 Å². The van der Waals surface area contributed by atoms with E-state index in [2.05, 4.69) is 64.2 Å². The van der Waals surface area contributed by atoms with Crippen LogP contribution in [0.25, 0.3) is 17.1 Å². The van der Waals surface area contributed by atoms with Gasteiger partial charge in [-0.3, -0.25) is 4.57 Å². The van der Waals surface area contributed by atoms with Gasteiger partial charge in [0.15, 0.2) is 11.0 Å². The summed E-state index contributed by atoms with van der Waals surface area (Å²) in [5.74, 6) is 0.769. The predicted octanol–water partition coefficient (Wildman–Crippen LogP) is 5.32. The largest absolute Gasteiger partial charge is 0.270 e. The molecular weight excluding hydrogens is 396 g/mol. The highest BCUT2D eigenvalue weighted by molar-refractivity contribution is 9.10. The zero-order chi connectivity index (χ0) is 18.0. The molecule has 0 unspecified atom stereocenters. The van der Waals surface area contributed by atoms with Crippen molar-refractivity contribution in [1.29, 1.82) is 5.26 Å². The molecule has 3 rings (SSSR count). The van der Waals surface area contributed by atoms with Crippen molar-refractivity contribution in [2.24, 2.45) is 0 Å². The Labute approximate surface area is 160 Å². The van der Waals surface area contributed by atoms with Gasteiger partial charge in [0, 0.05) is 10.0 Å². The molecule has 0 saturated heterocycles. The van der Waals surface area contributed by atoms with E-state index in [0.29, 0.717) is 0 Å². The summed E-state index contributed by atoms with van der Waals surface area (Å²) < 4.78 is 3.04. The van der Waals surface area contributed by atoms with Crippen molar-refractivity contribution in [3.8, 4) is 23.1 Å². The van der Waals surface area contributed by atoms with Gasteiger partial charge in [-0.1, -0.05) is 45.9 Å². The SMILES string of the molecule is Cc1cc(C)cc(-n2c(S[C@H](C)C#N)nnc2-c2ccc(Br)cc2)c1. The summed E-state index contributed by atoms with van der Waals surface area (Å²) in [5.41, 5.74) is 4.34. The molecule has 1 heterocycles. The molecule has 1 atom stereocenters. The first-order chi connectivity index (χ1) is 12.0. The smallest absolute Gasteiger partial charge is 0.197 e. The summed E-state index contributed by atoms with van der Waals surface area (Å²) in [6.45, 7) is 6.01. The maximum absolute atomic E-state index is 9.17. The molecule has 4 nitrogen and oxygen atoms in total. The van der Waals surface area contributed by atoms with Crippen molar-refractivity contribution in [2.75, 3.05) is 0 Å². The van der Waals surface area contributed by atoms with Gasteiger partial charge in [0.1, 0.15) is 0 Å². The number of halogens is 1. The molecule has 0 aliphatic heterocycles. The minimum absolute atomic E-state index is 0.202. The van der Waals surface area contributed by atoms with E-state index in [-0.39, 0.29) is 5.25 Å². The Hall–Kier alpha value is -2.10. The molecule has 1 aromatic heterocycles. The molecule has 0 radical (unpaired) electrons. The normalized spacial score (nSPS) is 12.0. The van der Waals surface area contributed by atoms with E-state index in [4.69, 9.17) is 5.26 Å². The van der Waals surface area contributed by atoms with Crippen molar-refractivity contribution in [3.63, 3.8) is 0 Å². The van der Waals surface area contributed by atoms with Crippen molar-refractivity contribution in [2.45, 2.75) is 31.2 Å². The first-order valence-corrected chi connectivity index (χ1v) is 9.51. The summed E-state index contributed by atoms with van der Waals surface area (Å²) in [6.07, 6.45) is 0. The highest BCUT2D eigenvalue weighted by atomic mass is 79.9. The van der Waals surface area contributed by atoms with Gasteiger partial charge in [-0.25, -0.2) is 0 Å². The number of nitriles is 1. The predicted molar refractivity (Wildman–Crippen MR) is 105 cm³/mol.